The molecule has 0 aliphatic heterocycles. The van der Waals surface area contributed by atoms with Gasteiger partial charge >= 0.3 is 12.1 Å². The van der Waals surface area contributed by atoms with Crippen LogP contribution in [0.4, 0.5) is 4.79 Å². The third kappa shape index (κ3) is 4.07. The average Bonchev–Trinajstić information content (AvgIpc) is 3.08. The highest BCUT2D eigenvalue weighted by atomic mass is 16.5. The Morgan fingerprint density at radius 1 is 1.06 bits per heavy atom. The van der Waals surface area contributed by atoms with Gasteiger partial charge in [0.2, 0.25) is 5.91 Å². The molecule has 0 saturated heterocycles. The Kier molecular flexibility index (Phi) is 6.17. The molecule has 1 fully saturated rings. The van der Waals surface area contributed by atoms with Crippen molar-refractivity contribution >= 4 is 18.0 Å². The van der Waals surface area contributed by atoms with Crippen molar-refractivity contribution in [2.45, 2.75) is 56.5 Å². The number of nitrogens with one attached hydrogen (secondary N) is 2. The number of carboxylic acids is 1. The first-order valence-electron chi connectivity index (χ1n) is 11.1. The highest BCUT2D eigenvalue weighted by molar-refractivity contribution is 5.93. The van der Waals surface area contributed by atoms with Crippen molar-refractivity contribution in [2.24, 2.45) is 0 Å². The molecule has 2 aromatic rings. The van der Waals surface area contributed by atoms with Crippen molar-refractivity contribution in [2.75, 3.05) is 6.61 Å². The van der Waals surface area contributed by atoms with E-state index in [2.05, 4.69) is 22.8 Å². The standard InChI is InChI=1S/C25H28N2O5/c1-2-8-21(22(28)29)26-23(30)25(13-7-14-25)27-24(31)32-15-20-18-11-5-3-9-16(18)17-10-4-6-12-19(17)20/h3-6,9-12,20-21H,2,7-8,13-15H2,1H3,(H,26,30)(H,27,31)(H,28,29)/t21-/m0/s1. The molecule has 0 unspecified atom stereocenters. The van der Waals surface area contributed by atoms with Crippen LogP contribution in [0, 0.1) is 0 Å². The summed E-state index contributed by atoms with van der Waals surface area (Å²) in [6.45, 7) is 2.02. The quantitative estimate of drug-likeness (QED) is 0.584. The van der Waals surface area contributed by atoms with Crippen LogP contribution in [-0.2, 0) is 14.3 Å². The Bertz CT molecular complexity index is 985. The first kappa shape index (κ1) is 21.9. The second-order valence-corrected chi connectivity index (χ2v) is 8.54. The third-order valence-electron chi connectivity index (χ3n) is 6.51. The van der Waals surface area contributed by atoms with Gasteiger partial charge in [-0.2, -0.15) is 0 Å². The highest BCUT2D eigenvalue weighted by Gasteiger charge is 2.47. The lowest BCUT2D eigenvalue weighted by atomic mass is 9.76. The van der Waals surface area contributed by atoms with Crippen molar-refractivity contribution in [3.63, 3.8) is 0 Å². The number of hydrogen-bond acceptors (Lipinski definition) is 4. The van der Waals surface area contributed by atoms with Gasteiger partial charge in [0.1, 0.15) is 18.2 Å². The van der Waals surface area contributed by atoms with Crippen LogP contribution in [0.5, 0.6) is 0 Å². The van der Waals surface area contributed by atoms with Gasteiger partial charge in [0.25, 0.3) is 0 Å². The molecule has 2 aromatic carbocycles. The summed E-state index contributed by atoms with van der Waals surface area (Å²) in [6.07, 6.45) is 2.00. The van der Waals surface area contributed by atoms with Crippen LogP contribution in [-0.4, -0.2) is 41.3 Å². The maximum absolute atomic E-state index is 12.8. The van der Waals surface area contributed by atoms with Gasteiger partial charge in [0, 0.05) is 5.92 Å². The van der Waals surface area contributed by atoms with Crippen molar-refractivity contribution < 1.29 is 24.2 Å². The maximum Gasteiger partial charge on any atom is 0.408 e. The summed E-state index contributed by atoms with van der Waals surface area (Å²) < 4.78 is 5.57. The second kappa shape index (κ2) is 9.02. The largest absolute Gasteiger partial charge is 0.480 e. The number of amides is 2. The van der Waals surface area contributed by atoms with Crippen molar-refractivity contribution in [1.29, 1.82) is 0 Å². The summed E-state index contributed by atoms with van der Waals surface area (Å²) in [6, 6.07) is 15.2. The van der Waals surface area contributed by atoms with Gasteiger partial charge in [-0.3, -0.25) is 4.79 Å². The molecule has 3 N–H and O–H groups in total. The molecule has 0 aromatic heterocycles. The zero-order chi connectivity index (χ0) is 22.7. The van der Waals surface area contributed by atoms with E-state index in [1.54, 1.807) is 0 Å². The minimum absolute atomic E-state index is 0.0692. The van der Waals surface area contributed by atoms with Crippen LogP contribution in [0.3, 0.4) is 0 Å². The molecule has 4 rings (SSSR count). The maximum atomic E-state index is 12.8. The van der Waals surface area contributed by atoms with Crippen LogP contribution >= 0.6 is 0 Å². The number of carbonyl (C=O) groups is 3. The van der Waals surface area contributed by atoms with Crippen LogP contribution in [0.1, 0.15) is 56.1 Å². The topological polar surface area (TPSA) is 105 Å². The molecule has 0 radical (unpaired) electrons. The lowest BCUT2D eigenvalue weighted by Gasteiger charge is -2.40. The molecular formula is C25H28N2O5. The van der Waals surface area contributed by atoms with Gasteiger partial charge < -0.3 is 20.5 Å². The Hall–Kier alpha value is -3.35. The first-order chi connectivity index (χ1) is 15.4. The molecule has 2 amide bonds. The van der Waals surface area contributed by atoms with Crippen molar-refractivity contribution in [3.8, 4) is 11.1 Å². The van der Waals surface area contributed by atoms with E-state index >= 15 is 0 Å². The number of hydrogen-bond donors (Lipinski definition) is 3. The fourth-order valence-electron chi connectivity index (χ4n) is 4.61. The molecule has 0 bridgehead atoms. The zero-order valence-electron chi connectivity index (χ0n) is 18.1. The van der Waals surface area contributed by atoms with Gasteiger partial charge in [-0.05, 0) is 47.9 Å². The molecule has 2 aliphatic rings. The molecule has 1 atom stereocenters. The van der Waals surface area contributed by atoms with E-state index in [0.29, 0.717) is 25.7 Å². The Labute approximate surface area is 187 Å². The Morgan fingerprint density at radius 3 is 2.16 bits per heavy atom. The van der Waals surface area contributed by atoms with Gasteiger partial charge in [0.15, 0.2) is 0 Å². The normalized spacial score (nSPS) is 16.8. The van der Waals surface area contributed by atoms with Crippen molar-refractivity contribution in [1.82, 2.24) is 10.6 Å². The zero-order valence-corrected chi connectivity index (χ0v) is 18.1. The second-order valence-electron chi connectivity index (χ2n) is 8.54. The Balaban J connectivity index is 1.41. The van der Waals surface area contributed by atoms with Crippen LogP contribution in [0.15, 0.2) is 48.5 Å². The van der Waals surface area contributed by atoms with E-state index in [4.69, 9.17) is 4.74 Å². The summed E-state index contributed by atoms with van der Waals surface area (Å²) in [4.78, 5) is 36.9. The fourth-order valence-corrected chi connectivity index (χ4v) is 4.61. The molecule has 0 heterocycles. The summed E-state index contributed by atoms with van der Waals surface area (Å²) in [5, 5.41) is 14.6. The van der Waals surface area contributed by atoms with Gasteiger partial charge in [-0.25, -0.2) is 9.59 Å². The molecule has 168 valence electrons. The predicted octanol–water partition coefficient (Wildman–Crippen LogP) is 3.82. The Morgan fingerprint density at radius 2 is 1.66 bits per heavy atom. The van der Waals surface area contributed by atoms with Crippen LogP contribution < -0.4 is 10.6 Å². The van der Waals surface area contributed by atoms with E-state index in [9.17, 15) is 19.5 Å². The summed E-state index contributed by atoms with van der Waals surface area (Å²) in [5.74, 6) is -1.60. The summed E-state index contributed by atoms with van der Waals surface area (Å²) in [7, 11) is 0. The van der Waals surface area contributed by atoms with Crippen LogP contribution in [0.2, 0.25) is 0 Å². The SMILES string of the molecule is CCC[C@H](NC(=O)C1(NC(=O)OCC2c3ccccc3-c3ccccc32)CCC1)C(=O)O. The first-order valence-corrected chi connectivity index (χ1v) is 11.1. The summed E-state index contributed by atoms with van der Waals surface area (Å²) >= 11 is 0. The number of fused-ring (bicyclic) bond motifs is 3. The number of carbonyl (C=O) groups excluding carboxylic acids is 2. The number of alkyl carbamates (subject to hydrolysis) is 1. The monoisotopic (exact) mass is 436 g/mol. The summed E-state index contributed by atoms with van der Waals surface area (Å²) in [5.41, 5.74) is 3.40. The van der Waals surface area contributed by atoms with Gasteiger partial charge in [0.05, 0.1) is 0 Å². The molecule has 2 aliphatic carbocycles. The molecule has 32 heavy (non-hydrogen) atoms. The lowest BCUT2D eigenvalue weighted by Crippen LogP contribution is -2.64. The van der Waals surface area contributed by atoms with E-state index in [1.807, 2.05) is 43.3 Å². The smallest absolute Gasteiger partial charge is 0.408 e. The average molecular weight is 437 g/mol. The van der Waals surface area contributed by atoms with Crippen LogP contribution in [0.25, 0.3) is 11.1 Å². The van der Waals surface area contributed by atoms with E-state index in [1.165, 1.54) is 0 Å². The number of rotatable bonds is 8. The third-order valence-corrected chi connectivity index (χ3v) is 6.51. The molecule has 7 heteroatoms. The minimum Gasteiger partial charge on any atom is -0.480 e. The number of benzene rings is 2. The van der Waals surface area contributed by atoms with Gasteiger partial charge in [-0.15, -0.1) is 0 Å². The lowest BCUT2D eigenvalue weighted by molar-refractivity contribution is -0.144. The van der Waals surface area contributed by atoms with E-state index in [0.717, 1.165) is 28.7 Å². The number of aliphatic carboxylic acids is 1. The minimum atomic E-state index is -1.11. The predicted molar refractivity (Wildman–Crippen MR) is 119 cm³/mol. The number of carboxylic acid groups (broad SMARTS) is 1. The van der Waals surface area contributed by atoms with E-state index < -0.39 is 29.6 Å². The molecular weight excluding hydrogens is 408 g/mol. The molecule has 7 nitrogen and oxygen atoms in total. The van der Waals surface area contributed by atoms with E-state index in [-0.39, 0.29) is 12.5 Å². The fraction of sp³-hybridized carbons (Fsp3) is 0.400. The molecule has 0 spiro atoms. The number of ether oxygens (including phenoxy) is 1. The highest BCUT2D eigenvalue weighted by Crippen LogP contribution is 2.44. The van der Waals surface area contributed by atoms with Crippen molar-refractivity contribution in [3.05, 3.63) is 59.7 Å². The molecule has 1 saturated carbocycles. The van der Waals surface area contributed by atoms with Gasteiger partial charge in [-0.1, -0.05) is 61.9 Å².